The van der Waals surface area contributed by atoms with Crippen LogP contribution >= 0.6 is 63.3 Å². The van der Waals surface area contributed by atoms with Crippen molar-refractivity contribution in [3.63, 3.8) is 0 Å². The van der Waals surface area contributed by atoms with Crippen LogP contribution in [0.15, 0.2) is 46.9 Å². The first-order valence-electron chi connectivity index (χ1n) is 11.4. The van der Waals surface area contributed by atoms with E-state index in [-0.39, 0.29) is 42.5 Å². The summed E-state index contributed by atoms with van der Waals surface area (Å²) in [7, 11) is 1.85. The molecule has 2 saturated heterocycles. The van der Waals surface area contributed by atoms with Crippen LogP contribution in [0.4, 0.5) is 4.39 Å². The third kappa shape index (κ3) is 8.51. The zero-order valence-corrected chi connectivity index (χ0v) is 25.0. The Hall–Kier alpha value is -0.490. The predicted octanol–water partition coefficient (Wildman–Crippen LogP) is 5.30. The first-order chi connectivity index (χ1) is 15.9. The minimum atomic E-state index is -0.235. The summed E-state index contributed by atoms with van der Waals surface area (Å²) in [6, 6.07) is 13.1. The summed E-state index contributed by atoms with van der Waals surface area (Å²) in [5.74, 6) is -0.0902. The lowest BCUT2D eigenvalue weighted by Crippen LogP contribution is -2.61. The Bertz CT molecular complexity index is 940. The molecule has 1 atom stereocenters. The first kappa shape index (κ1) is 30.7. The highest BCUT2D eigenvalue weighted by molar-refractivity contribution is 14.1. The summed E-state index contributed by atoms with van der Waals surface area (Å²) in [6.45, 7) is 7.45. The largest absolute Gasteiger partial charge is 0.379 e. The summed E-state index contributed by atoms with van der Waals surface area (Å²) < 4.78 is 20.9. The molecule has 2 aromatic carbocycles. The van der Waals surface area contributed by atoms with Gasteiger partial charge in [-0.3, -0.25) is 9.69 Å². The van der Waals surface area contributed by atoms with Gasteiger partial charge < -0.3 is 14.5 Å². The van der Waals surface area contributed by atoms with Crippen LogP contribution in [0.3, 0.4) is 0 Å². The fraction of sp³-hybridized carbons (Fsp3) is 0.480. The quantitative estimate of drug-likeness (QED) is 0.350. The number of hydrogen-bond acceptors (Lipinski definition) is 4. The van der Waals surface area contributed by atoms with Gasteiger partial charge in [0.15, 0.2) is 0 Å². The smallest absolute Gasteiger partial charge is 0.253 e. The molecule has 0 saturated carbocycles. The molecule has 0 unspecified atom stereocenters. The van der Waals surface area contributed by atoms with Gasteiger partial charge in [-0.15, -0.1) is 24.8 Å². The van der Waals surface area contributed by atoms with E-state index < -0.39 is 0 Å². The zero-order valence-electron chi connectivity index (χ0n) is 19.7. The summed E-state index contributed by atoms with van der Waals surface area (Å²) in [5.41, 5.74) is 1.75. The Kier molecular flexibility index (Phi) is 12.7. The summed E-state index contributed by atoms with van der Waals surface area (Å²) in [4.78, 5) is 19.9. The zero-order chi connectivity index (χ0) is 23.4. The Morgan fingerprint density at radius 1 is 1.17 bits per heavy atom. The molecule has 2 heterocycles. The number of morpholine rings is 1. The average Bonchev–Trinajstić information content (AvgIpc) is 2.77. The normalized spacial score (nSPS) is 17.6. The SMILES string of the molecule is CN(C[C@@H](CCN1CC(N2CCOCC2)C1)c1ccc(F)cc1)C(=O)c1cc(Br)cc(I)c1.Cl.Cl. The molecule has 35 heavy (non-hydrogen) atoms. The van der Waals surface area contributed by atoms with E-state index in [1.54, 1.807) is 4.90 Å². The van der Waals surface area contributed by atoms with E-state index in [0.717, 1.165) is 66.0 Å². The maximum absolute atomic E-state index is 13.5. The third-order valence-electron chi connectivity index (χ3n) is 6.59. The fourth-order valence-electron chi connectivity index (χ4n) is 4.65. The molecule has 1 amide bonds. The van der Waals surface area contributed by atoms with Crippen LogP contribution in [0.1, 0.15) is 28.3 Å². The number of rotatable bonds is 8. The molecule has 0 radical (unpaired) electrons. The Balaban J connectivity index is 0.00000216. The number of hydrogen-bond donors (Lipinski definition) is 0. The first-order valence-corrected chi connectivity index (χ1v) is 13.3. The van der Waals surface area contributed by atoms with Crippen molar-refractivity contribution in [2.75, 3.05) is 59.5 Å². The van der Waals surface area contributed by atoms with E-state index in [2.05, 4.69) is 48.3 Å². The molecule has 2 aliphatic rings. The Morgan fingerprint density at radius 2 is 1.83 bits per heavy atom. The maximum Gasteiger partial charge on any atom is 0.253 e. The van der Waals surface area contributed by atoms with Gasteiger partial charge in [-0.1, -0.05) is 28.1 Å². The van der Waals surface area contributed by atoms with Gasteiger partial charge in [0.1, 0.15) is 5.82 Å². The van der Waals surface area contributed by atoms with E-state index in [1.165, 1.54) is 12.1 Å². The van der Waals surface area contributed by atoms with Crippen molar-refractivity contribution in [1.82, 2.24) is 14.7 Å². The van der Waals surface area contributed by atoms with E-state index in [0.29, 0.717) is 18.2 Å². The van der Waals surface area contributed by atoms with Crippen LogP contribution < -0.4 is 0 Å². The molecule has 194 valence electrons. The predicted molar refractivity (Wildman–Crippen MR) is 155 cm³/mol. The van der Waals surface area contributed by atoms with E-state index >= 15 is 0 Å². The standard InChI is InChI=1S/C25H30BrFIN3O2.2ClH/c1-29(25(32)20-12-21(26)14-23(28)13-20)15-19(18-2-4-22(27)5-3-18)6-7-30-16-24(17-30)31-8-10-33-11-9-31;;/h2-5,12-14,19,24H,6-11,15-17H2,1H3;2*1H/t19-;;/m1../s1. The number of carbonyl (C=O) groups is 1. The fourth-order valence-corrected chi connectivity index (χ4v) is 6.24. The monoisotopic (exact) mass is 701 g/mol. The molecule has 2 aliphatic heterocycles. The Labute approximate surface area is 241 Å². The van der Waals surface area contributed by atoms with Crippen LogP contribution in [0.2, 0.25) is 0 Å². The molecule has 4 rings (SSSR count). The van der Waals surface area contributed by atoms with Gasteiger partial charge in [0.25, 0.3) is 5.91 Å². The lowest BCUT2D eigenvalue weighted by atomic mass is 9.93. The molecule has 0 bridgehead atoms. The number of benzene rings is 2. The average molecular weight is 703 g/mol. The van der Waals surface area contributed by atoms with Crippen LogP contribution in [0, 0.1) is 9.39 Å². The van der Waals surface area contributed by atoms with Crippen molar-refractivity contribution < 1.29 is 13.9 Å². The number of ether oxygens (including phenoxy) is 1. The van der Waals surface area contributed by atoms with Crippen molar-refractivity contribution in [3.8, 4) is 0 Å². The minimum Gasteiger partial charge on any atom is -0.379 e. The topological polar surface area (TPSA) is 36.0 Å². The van der Waals surface area contributed by atoms with Gasteiger partial charge in [-0.05, 0) is 71.5 Å². The van der Waals surface area contributed by atoms with Gasteiger partial charge in [0.05, 0.1) is 13.2 Å². The highest BCUT2D eigenvalue weighted by Gasteiger charge is 2.32. The van der Waals surface area contributed by atoms with Crippen LogP contribution in [-0.2, 0) is 4.74 Å². The second kappa shape index (κ2) is 14.4. The van der Waals surface area contributed by atoms with Gasteiger partial charge >= 0.3 is 0 Å². The van der Waals surface area contributed by atoms with Crippen LogP contribution in [-0.4, -0.2) is 86.2 Å². The minimum absolute atomic E-state index is 0. The molecule has 2 aromatic rings. The third-order valence-corrected chi connectivity index (χ3v) is 7.67. The van der Waals surface area contributed by atoms with Crippen molar-refractivity contribution >= 4 is 69.2 Å². The molecule has 2 fully saturated rings. The van der Waals surface area contributed by atoms with Gasteiger partial charge in [-0.25, -0.2) is 4.39 Å². The van der Waals surface area contributed by atoms with E-state index in [4.69, 9.17) is 4.74 Å². The van der Waals surface area contributed by atoms with Gasteiger partial charge in [0.2, 0.25) is 0 Å². The van der Waals surface area contributed by atoms with Crippen molar-refractivity contribution in [2.45, 2.75) is 18.4 Å². The van der Waals surface area contributed by atoms with Gasteiger partial charge in [0, 0.05) is 65.3 Å². The number of nitrogens with zero attached hydrogens (tertiary/aromatic N) is 3. The van der Waals surface area contributed by atoms with Crippen LogP contribution in [0.25, 0.3) is 0 Å². The number of carbonyl (C=O) groups excluding carboxylic acids is 1. The van der Waals surface area contributed by atoms with E-state index in [1.807, 2.05) is 37.4 Å². The van der Waals surface area contributed by atoms with Gasteiger partial charge in [-0.2, -0.15) is 0 Å². The lowest BCUT2D eigenvalue weighted by Gasteiger charge is -2.47. The molecule has 0 spiro atoms. The number of likely N-dealkylation sites (tertiary alicyclic amines) is 1. The highest BCUT2D eigenvalue weighted by Crippen LogP contribution is 2.26. The van der Waals surface area contributed by atoms with Crippen molar-refractivity contribution in [1.29, 1.82) is 0 Å². The molecular formula is C25H32BrCl2FIN3O2. The lowest BCUT2D eigenvalue weighted by molar-refractivity contribution is -0.0326. The summed E-state index contributed by atoms with van der Waals surface area (Å²) in [6.07, 6.45) is 0.926. The molecule has 0 aliphatic carbocycles. The van der Waals surface area contributed by atoms with Crippen molar-refractivity contribution in [3.05, 3.63) is 67.5 Å². The Morgan fingerprint density at radius 3 is 2.46 bits per heavy atom. The molecule has 0 aromatic heterocycles. The molecular weight excluding hydrogens is 671 g/mol. The summed E-state index contributed by atoms with van der Waals surface area (Å²) >= 11 is 5.71. The maximum atomic E-state index is 13.5. The molecule has 10 heteroatoms. The highest BCUT2D eigenvalue weighted by atomic mass is 127. The van der Waals surface area contributed by atoms with Crippen LogP contribution in [0.5, 0.6) is 0 Å². The molecule has 5 nitrogen and oxygen atoms in total. The van der Waals surface area contributed by atoms with Crippen molar-refractivity contribution in [2.24, 2.45) is 0 Å². The number of halogens is 5. The molecule has 0 N–H and O–H groups in total. The number of likely N-dealkylation sites (N-methyl/N-ethyl adjacent to an activating group) is 1. The number of amides is 1. The second-order valence-electron chi connectivity index (χ2n) is 8.94. The second-order valence-corrected chi connectivity index (χ2v) is 11.1. The summed E-state index contributed by atoms with van der Waals surface area (Å²) in [5, 5.41) is 0. The van der Waals surface area contributed by atoms with E-state index in [9.17, 15) is 9.18 Å².